The van der Waals surface area contributed by atoms with Gasteiger partial charge in [-0.15, -0.1) is 0 Å². The van der Waals surface area contributed by atoms with Gasteiger partial charge in [-0.05, 0) is 23.8 Å². The molecule has 1 fully saturated rings. The van der Waals surface area contributed by atoms with Crippen molar-refractivity contribution in [3.63, 3.8) is 0 Å². The molecule has 5 nitrogen and oxygen atoms in total. The van der Waals surface area contributed by atoms with Crippen LogP contribution in [0.15, 0.2) is 35.1 Å². The van der Waals surface area contributed by atoms with E-state index in [0.29, 0.717) is 25.6 Å². The maximum absolute atomic E-state index is 13.3. The summed E-state index contributed by atoms with van der Waals surface area (Å²) >= 11 is 3.42. The van der Waals surface area contributed by atoms with Crippen LogP contribution >= 0.6 is 15.9 Å². The second kappa shape index (κ2) is 7.02. The number of ether oxygens (including phenoxy) is 1. The molecule has 0 aliphatic carbocycles. The van der Waals surface area contributed by atoms with Crippen LogP contribution in [0.1, 0.15) is 5.56 Å². The summed E-state index contributed by atoms with van der Waals surface area (Å²) in [4.78, 5) is 10.7. The van der Waals surface area contributed by atoms with Crippen molar-refractivity contribution in [1.82, 2.24) is 9.97 Å². The normalized spacial score (nSPS) is 14.9. The lowest BCUT2D eigenvalue weighted by Gasteiger charge is -2.27. The van der Waals surface area contributed by atoms with Crippen LogP contribution in [0.2, 0.25) is 0 Å². The van der Waals surface area contributed by atoms with Crippen LogP contribution in [0.5, 0.6) is 0 Å². The summed E-state index contributed by atoms with van der Waals surface area (Å²) in [6.07, 6.45) is 1.54. The van der Waals surface area contributed by atoms with E-state index in [1.54, 1.807) is 6.07 Å². The van der Waals surface area contributed by atoms with Crippen molar-refractivity contribution in [3.8, 4) is 0 Å². The average Bonchev–Trinajstić information content (AvgIpc) is 2.57. The second-order valence-electron chi connectivity index (χ2n) is 4.95. The number of anilines is 2. The predicted molar refractivity (Wildman–Crippen MR) is 86.5 cm³/mol. The van der Waals surface area contributed by atoms with Gasteiger partial charge in [0.15, 0.2) is 0 Å². The third kappa shape index (κ3) is 3.72. The van der Waals surface area contributed by atoms with Gasteiger partial charge in [0.1, 0.15) is 23.8 Å². The Morgan fingerprint density at radius 2 is 2.05 bits per heavy atom. The first-order valence-electron chi connectivity index (χ1n) is 7.05. The summed E-state index contributed by atoms with van der Waals surface area (Å²) in [5, 5.41) is 3.20. The summed E-state index contributed by atoms with van der Waals surface area (Å²) in [6.45, 7) is 3.56. The summed E-state index contributed by atoms with van der Waals surface area (Å²) in [5.74, 6) is 1.34. The van der Waals surface area contributed by atoms with Gasteiger partial charge >= 0.3 is 0 Å². The monoisotopic (exact) mass is 366 g/mol. The van der Waals surface area contributed by atoms with Crippen LogP contribution in [0.4, 0.5) is 16.0 Å². The molecule has 1 N–H and O–H groups in total. The Kier molecular flexibility index (Phi) is 4.84. The molecule has 116 valence electrons. The van der Waals surface area contributed by atoms with Crippen LogP contribution in [0.25, 0.3) is 0 Å². The fourth-order valence-corrected chi connectivity index (χ4v) is 2.66. The number of rotatable bonds is 4. The van der Waals surface area contributed by atoms with Crippen molar-refractivity contribution >= 4 is 27.6 Å². The van der Waals surface area contributed by atoms with Gasteiger partial charge in [-0.3, -0.25) is 0 Å². The summed E-state index contributed by atoms with van der Waals surface area (Å²) < 4.78 is 19.5. The quantitative estimate of drug-likeness (QED) is 0.901. The highest BCUT2D eigenvalue weighted by molar-refractivity contribution is 9.10. The van der Waals surface area contributed by atoms with Crippen molar-refractivity contribution in [3.05, 3.63) is 46.4 Å². The molecule has 3 rings (SSSR count). The van der Waals surface area contributed by atoms with E-state index in [2.05, 4.69) is 36.1 Å². The van der Waals surface area contributed by atoms with Crippen LogP contribution < -0.4 is 10.2 Å². The molecule has 1 aromatic carbocycles. The van der Waals surface area contributed by atoms with Gasteiger partial charge in [0.05, 0.1) is 13.2 Å². The molecule has 2 aromatic rings. The van der Waals surface area contributed by atoms with Gasteiger partial charge in [-0.2, -0.15) is 0 Å². The molecule has 0 bridgehead atoms. The third-order valence-electron chi connectivity index (χ3n) is 3.46. The Balaban J connectivity index is 1.68. The number of hydrogen-bond acceptors (Lipinski definition) is 5. The van der Waals surface area contributed by atoms with Gasteiger partial charge in [0.2, 0.25) is 0 Å². The van der Waals surface area contributed by atoms with Crippen molar-refractivity contribution < 1.29 is 9.13 Å². The van der Waals surface area contributed by atoms with Gasteiger partial charge in [0.25, 0.3) is 0 Å². The molecule has 1 aromatic heterocycles. The van der Waals surface area contributed by atoms with Crippen LogP contribution in [0, 0.1) is 5.82 Å². The molecular formula is C15H16BrFN4O. The van der Waals surface area contributed by atoms with E-state index in [0.717, 1.165) is 28.9 Å². The molecule has 0 saturated carbocycles. The molecule has 1 saturated heterocycles. The first-order chi connectivity index (χ1) is 10.7. The van der Waals surface area contributed by atoms with Crippen molar-refractivity contribution in [2.75, 3.05) is 36.5 Å². The van der Waals surface area contributed by atoms with Crippen molar-refractivity contribution in [2.45, 2.75) is 6.54 Å². The number of morpholine rings is 1. The zero-order valence-electron chi connectivity index (χ0n) is 11.9. The minimum atomic E-state index is -0.253. The fraction of sp³-hybridized carbons (Fsp3) is 0.333. The Labute approximate surface area is 136 Å². The molecule has 2 heterocycles. The average molecular weight is 367 g/mol. The maximum atomic E-state index is 13.3. The fourth-order valence-electron chi connectivity index (χ4n) is 2.27. The van der Waals surface area contributed by atoms with E-state index in [9.17, 15) is 4.39 Å². The lowest BCUT2D eigenvalue weighted by molar-refractivity contribution is 0.122. The van der Waals surface area contributed by atoms with Crippen LogP contribution in [-0.4, -0.2) is 36.3 Å². The van der Waals surface area contributed by atoms with E-state index in [-0.39, 0.29) is 5.82 Å². The van der Waals surface area contributed by atoms with Crippen molar-refractivity contribution in [1.29, 1.82) is 0 Å². The molecular weight excluding hydrogens is 351 g/mol. The summed E-state index contributed by atoms with van der Waals surface area (Å²) in [7, 11) is 0. The van der Waals surface area contributed by atoms with Gasteiger partial charge < -0.3 is 15.0 Å². The minimum Gasteiger partial charge on any atom is -0.378 e. The van der Waals surface area contributed by atoms with Crippen LogP contribution in [-0.2, 0) is 11.3 Å². The van der Waals surface area contributed by atoms with E-state index >= 15 is 0 Å². The number of halogens is 2. The smallest absolute Gasteiger partial charge is 0.134 e. The van der Waals surface area contributed by atoms with E-state index < -0.39 is 0 Å². The summed E-state index contributed by atoms with van der Waals surface area (Å²) in [6, 6.07) is 6.53. The standard InChI is InChI=1S/C15H16BrFN4O/c16-13-2-1-12(17)7-11(13)9-18-14-8-15(20-10-19-14)21-3-5-22-6-4-21/h1-2,7-8,10H,3-6,9H2,(H,18,19,20). The number of nitrogens with one attached hydrogen (secondary N) is 1. The largest absolute Gasteiger partial charge is 0.378 e. The third-order valence-corrected chi connectivity index (χ3v) is 4.23. The molecule has 0 atom stereocenters. The van der Waals surface area contributed by atoms with Gasteiger partial charge in [-0.25, -0.2) is 14.4 Å². The molecule has 22 heavy (non-hydrogen) atoms. The highest BCUT2D eigenvalue weighted by Gasteiger charge is 2.13. The Bertz CT molecular complexity index is 649. The summed E-state index contributed by atoms with van der Waals surface area (Å²) in [5.41, 5.74) is 0.839. The highest BCUT2D eigenvalue weighted by Crippen LogP contribution is 2.20. The number of aromatic nitrogens is 2. The second-order valence-corrected chi connectivity index (χ2v) is 5.80. The molecule has 1 aliphatic rings. The SMILES string of the molecule is Fc1ccc(Br)c(CNc2cc(N3CCOCC3)ncn2)c1. The van der Waals surface area contributed by atoms with Gasteiger partial charge in [-0.1, -0.05) is 15.9 Å². The zero-order valence-corrected chi connectivity index (χ0v) is 13.5. The first kappa shape index (κ1) is 15.2. The Morgan fingerprint density at radius 3 is 2.86 bits per heavy atom. The molecule has 7 heteroatoms. The lowest BCUT2D eigenvalue weighted by Crippen LogP contribution is -2.36. The minimum absolute atomic E-state index is 0.253. The van der Waals surface area contributed by atoms with Gasteiger partial charge in [0, 0.05) is 30.2 Å². The first-order valence-corrected chi connectivity index (χ1v) is 7.84. The number of hydrogen-bond donors (Lipinski definition) is 1. The Hall–Kier alpha value is -1.73. The van der Waals surface area contributed by atoms with Crippen LogP contribution in [0.3, 0.4) is 0 Å². The zero-order chi connectivity index (χ0) is 15.4. The highest BCUT2D eigenvalue weighted by atomic mass is 79.9. The number of nitrogens with zero attached hydrogens (tertiary/aromatic N) is 3. The van der Waals surface area contributed by atoms with Crippen molar-refractivity contribution in [2.24, 2.45) is 0 Å². The van der Waals surface area contributed by atoms with E-state index in [1.165, 1.54) is 18.5 Å². The molecule has 0 unspecified atom stereocenters. The lowest BCUT2D eigenvalue weighted by atomic mass is 10.2. The topological polar surface area (TPSA) is 50.3 Å². The molecule has 0 spiro atoms. The molecule has 1 aliphatic heterocycles. The van der Waals surface area contributed by atoms with E-state index in [1.807, 2.05) is 6.07 Å². The molecule has 0 amide bonds. The maximum Gasteiger partial charge on any atom is 0.134 e. The predicted octanol–water partition coefficient (Wildman–Crippen LogP) is 2.83. The molecule has 0 radical (unpaired) electrons. The Morgan fingerprint density at radius 1 is 1.23 bits per heavy atom. The van der Waals surface area contributed by atoms with E-state index in [4.69, 9.17) is 4.74 Å². The number of benzene rings is 1.